The maximum Gasteiger partial charge on any atom is 0.407 e. The van der Waals surface area contributed by atoms with Crippen LogP contribution in [0.3, 0.4) is 0 Å². The van der Waals surface area contributed by atoms with Gasteiger partial charge in [0.25, 0.3) is 0 Å². The van der Waals surface area contributed by atoms with E-state index in [0.717, 1.165) is 19.3 Å². The molecule has 27 nitrogen and oxygen atoms in total. The molecule has 33 heteroatoms. The van der Waals surface area contributed by atoms with Crippen molar-refractivity contribution in [1.29, 1.82) is 0 Å². The Hall–Kier alpha value is -3.64. The SMILES string of the molecule is CC(C)(C)OC(=O)NCCN.CC(C)(C)OC(=O)NCCN[C-]=O.NCCN.NCCO.O=C(NCCO)Nc1cccc(Cl)c1.O=[C-]NCCNC(=O)Nc1cccc(Cl)c1.O=[C-]OCCNC(=O)Nc1cccc(Cl)c1.[CH2-]CCCC.[CH2-]CCCC.[CH2-]CCCC.[Y].[Y].[Y]. The predicted octanol–water partition coefficient (Wildman–Crippen LogP) is 8.62. The molecule has 0 aromatic heterocycles. The van der Waals surface area contributed by atoms with Gasteiger partial charge in [-0.2, -0.15) is 32.1 Å². The van der Waals surface area contributed by atoms with Crippen LogP contribution in [0.2, 0.25) is 15.1 Å². The molecule has 0 aliphatic heterocycles. The second kappa shape index (κ2) is 87.4. The van der Waals surface area contributed by atoms with Crippen molar-refractivity contribution < 1.29 is 161 Å². The number of anilines is 3. The van der Waals surface area contributed by atoms with E-state index in [0.29, 0.717) is 91.0 Å². The normalized spacial score (nSPS) is 9.09. The Labute approximate surface area is 663 Å². The summed E-state index contributed by atoms with van der Waals surface area (Å²) in [5.74, 6) is 0. The number of alkyl carbamates (subject to hydrolysis) is 2. The maximum absolute atomic E-state index is 11.3. The summed E-state index contributed by atoms with van der Waals surface area (Å²) >= 11 is 17.2. The van der Waals surface area contributed by atoms with Gasteiger partial charge in [0.2, 0.25) is 0 Å². The summed E-state index contributed by atoms with van der Waals surface area (Å²) in [5, 5.41) is 42.7. The first-order valence-corrected chi connectivity index (χ1v) is 31.2. The number of carbonyl (C=O) groups excluding carboxylic acids is 8. The van der Waals surface area contributed by atoms with Gasteiger partial charge in [-0.1, -0.05) is 119 Å². The molecule has 0 fully saturated rings. The predicted molar refractivity (Wildman–Crippen MR) is 378 cm³/mol. The van der Waals surface area contributed by atoms with Crippen LogP contribution in [0.25, 0.3) is 0 Å². The Morgan fingerprint density at radius 3 is 1.02 bits per heavy atom. The minimum absolute atomic E-state index is 0. The van der Waals surface area contributed by atoms with Crippen molar-refractivity contribution in [3.8, 4) is 0 Å². The average Bonchev–Trinajstić information content (AvgIpc) is 1.19. The second-order valence-corrected chi connectivity index (χ2v) is 21.1. The van der Waals surface area contributed by atoms with Crippen LogP contribution in [-0.2, 0) is 127 Å². The topological polar surface area (TPSA) is 429 Å². The first-order chi connectivity index (χ1) is 44.1. The van der Waals surface area contributed by atoms with Crippen LogP contribution >= 0.6 is 34.8 Å². The van der Waals surface area contributed by atoms with Crippen LogP contribution in [0.4, 0.5) is 41.0 Å². The van der Waals surface area contributed by atoms with Crippen molar-refractivity contribution in [2.75, 3.05) is 108 Å². The number of halogens is 3. The number of nitrogens with one attached hydrogen (secondary N) is 10. The number of unbranched alkanes of at least 4 members (excludes halogenated alkanes) is 6. The zero-order valence-electron chi connectivity index (χ0n) is 57.9. The molecule has 3 aromatic carbocycles. The van der Waals surface area contributed by atoms with Crippen LogP contribution in [0, 0.1) is 20.8 Å². The molecular weight excluding hydrogens is 1530 g/mol. The van der Waals surface area contributed by atoms with E-state index >= 15 is 0 Å². The van der Waals surface area contributed by atoms with Crippen molar-refractivity contribution in [2.45, 2.75) is 131 Å². The second-order valence-electron chi connectivity index (χ2n) is 19.7. The quantitative estimate of drug-likeness (QED) is 0.0147. The first kappa shape index (κ1) is 114. The number of ether oxygens (including phenoxy) is 3. The summed E-state index contributed by atoms with van der Waals surface area (Å²) in [6.07, 6.45) is 13.1. The number of urea groups is 3. The summed E-state index contributed by atoms with van der Waals surface area (Å²) in [5.41, 5.74) is 20.7. The van der Waals surface area contributed by atoms with Crippen molar-refractivity contribution >= 4 is 101 Å². The van der Waals surface area contributed by atoms with Gasteiger partial charge in [0.15, 0.2) is 0 Å². The van der Waals surface area contributed by atoms with Crippen LogP contribution < -0.4 is 76.1 Å². The van der Waals surface area contributed by atoms with Crippen LogP contribution in [0.1, 0.15) is 120 Å². The number of carbonyl (C=O) groups is 5. The van der Waals surface area contributed by atoms with Crippen molar-refractivity contribution in [3.05, 3.63) is 109 Å². The van der Waals surface area contributed by atoms with Gasteiger partial charge < -0.3 is 136 Å². The molecule has 547 valence electrons. The molecule has 0 spiro atoms. The zero-order chi connectivity index (χ0) is 72.4. The van der Waals surface area contributed by atoms with Gasteiger partial charge in [-0.25, -0.2) is 24.0 Å². The number of benzene rings is 3. The van der Waals surface area contributed by atoms with E-state index in [-0.39, 0.29) is 143 Å². The van der Waals surface area contributed by atoms with Gasteiger partial charge >= 0.3 is 30.3 Å². The maximum atomic E-state index is 11.3. The van der Waals surface area contributed by atoms with E-state index in [4.69, 9.17) is 77.4 Å². The minimum Gasteiger partial charge on any atom is -0.651 e. The van der Waals surface area contributed by atoms with Crippen LogP contribution in [0.15, 0.2) is 72.8 Å². The zero-order valence-corrected chi connectivity index (χ0v) is 68.7. The monoisotopic (exact) mass is 1640 g/mol. The fourth-order valence-corrected chi connectivity index (χ4v) is 5.34. The standard InChI is InChI=1S/C10H11ClN3O2.C10H10ClN2O3.C9H11ClN2O2.C8H15N2O3.C7H16N2O2.3C5H11.C2H8N2.C2H7NO.3Y/c11-8-2-1-3-9(6-8)14-10(16)13-5-4-12-7-15;11-8-2-1-3-9(6-8)13-10(15)12-4-5-16-7-14;10-7-2-1-3-8(6-7)12-9(14)11-4-5-13;1-8(2,3)13-7(12)10-5-4-9-6-11;1-7(2,3)11-6(10)9-5-4-8;3*1-3-5-4-2;2*3-1-2-4;;;/h1-3,6H,4-5H2,(H,12,15)(H2,13,14,16);1-3,6H,4-5H2,(H2,12,13,15);1-3,6,13H,4-5H2,(H2,11,12,14);4-5H2,1-3H3,(H,9,11)(H,10,12);4-5,8H2,1-3H3,(H,9,10);3*1,3-5H2,2H3;1-4H2;4H,1-3H2;;;/q2*-1;;-1;;3*-1;;;;;. The van der Waals surface area contributed by atoms with Gasteiger partial charge in [-0.15, -0.1) is 0 Å². The minimum atomic E-state index is -0.492. The van der Waals surface area contributed by atoms with Crippen LogP contribution in [0.5, 0.6) is 0 Å². The van der Waals surface area contributed by atoms with Crippen molar-refractivity contribution in [2.24, 2.45) is 22.9 Å². The molecule has 0 atom stereocenters. The molecule has 0 saturated carbocycles. The number of aliphatic hydroxyl groups is 2. The molecule has 0 bridgehead atoms. The van der Waals surface area contributed by atoms with E-state index in [1.165, 1.54) is 57.8 Å². The Bertz CT molecular complexity index is 2160. The molecule has 3 aromatic rings. The average molecular weight is 1650 g/mol. The first-order valence-electron chi connectivity index (χ1n) is 30.1. The van der Waals surface area contributed by atoms with E-state index < -0.39 is 29.4 Å². The summed E-state index contributed by atoms with van der Waals surface area (Å²) in [4.78, 5) is 84.6. The van der Waals surface area contributed by atoms with E-state index in [1.54, 1.807) is 93.6 Å². The van der Waals surface area contributed by atoms with Gasteiger partial charge in [0.05, 0.1) is 19.8 Å². The molecule has 0 aliphatic rings. The molecule has 10 amide bonds. The molecule has 3 rings (SSSR count). The van der Waals surface area contributed by atoms with Gasteiger partial charge in [0.1, 0.15) is 11.2 Å². The third-order valence-corrected chi connectivity index (χ3v) is 9.42. The fourth-order valence-electron chi connectivity index (χ4n) is 4.77. The Morgan fingerprint density at radius 2 is 0.781 bits per heavy atom. The van der Waals surface area contributed by atoms with Crippen molar-refractivity contribution in [3.63, 3.8) is 0 Å². The van der Waals surface area contributed by atoms with Gasteiger partial charge in [0, 0.05) is 202 Å². The van der Waals surface area contributed by atoms with Gasteiger partial charge in [-0.3, -0.25) is 0 Å². The number of aliphatic hydroxyl groups excluding tert-OH is 2. The Kier molecular flexibility index (Phi) is 104. The Balaban J connectivity index is -0.000000111. The van der Waals surface area contributed by atoms with E-state index in [2.05, 4.69) is 99.4 Å². The molecule has 0 aliphatic carbocycles. The molecular formula is C63H111Cl3N14O13Y3-6. The third-order valence-electron chi connectivity index (χ3n) is 8.71. The molecule has 20 N–H and O–H groups in total. The number of hydrogen-bond acceptors (Lipinski definition) is 17. The third kappa shape index (κ3) is 106. The molecule has 0 unspecified atom stereocenters. The molecule has 0 saturated heterocycles. The summed E-state index contributed by atoms with van der Waals surface area (Å²) in [6, 6.07) is 19.3. The number of hydrogen-bond donors (Lipinski definition) is 16. The summed E-state index contributed by atoms with van der Waals surface area (Å²) in [7, 11) is 0. The number of amides is 10. The van der Waals surface area contributed by atoms with Crippen LogP contribution in [-0.4, -0.2) is 163 Å². The molecule has 0 heterocycles. The Morgan fingerprint density at radius 1 is 0.469 bits per heavy atom. The van der Waals surface area contributed by atoms with E-state index in [9.17, 15) is 38.4 Å². The molecule has 3 radical (unpaired) electrons. The van der Waals surface area contributed by atoms with Crippen molar-refractivity contribution in [1.82, 2.24) is 37.2 Å². The summed E-state index contributed by atoms with van der Waals surface area (Å²) < 4.78 is 14.2. The largest absolute Gasteiger partial charge is 0.651 e. The van der Waals surface area contributed by atoms with Gasteiger partial charge in [-0.05, 0) is 96.1 Å². The van der Waals surface area contributed by atoms with E-state index in [1.807, 2.05) is 20.8 Å². The fraction of sp³-hybridized carbons (Fsp3) is 0.540. The smallest absolute Gasteiger partial charge is 0.407 e. The number of rotatable bonds is 27. The summed E-state index contributed by atoms with van der Waals surface area (Å²) in [6.45, 7) is 34.0. The number of nitrogens with two attached hydrogens (primary N) is 4. The molecule has 96 heavy (non-hydrogen) atoms.